The van der Waals surface area contributed by atoms with E-state index in [1.165, 1.54) is 10.8 Å². The molecule has 0 aliphatic carbocycles. The lowest BCUT2D eigenvalue weighted by molar-refractivity contribution is 0.616. The first-order chi connectivity index (χ1) is 13.9. The van der Waals surface area contributed by atoms with Crippen LogP contribution < -0.4 is 0 Å². The quantitative estimate of drug-likeness (QED) is 0.415. The number of rotatable bonds is 2. The molecule has 0 aliphatic heterocycles. The highest BCUT2D eigenvalue weighted by atomic mass is 16.3. The van der Waals surface area contributed by atoms with Gasteiger partial charge in [-0.2, -0.15) is 0 Å². The average molecular weight is 362 g/mol. The van der Waals surface area contributed by atoms with E-state index in [-0.39, 0.29) is 0 Å². The molecule has 0 spiro atoms. The molecule has 5 nitrogen and oxygen atoms in total. The molecule has 0 amide bonds. The van der Waals surface area contributed by atoms with Crippen LogP contribution in [0.5, 0.6) is 0 Å². The van der Waals surface area contributed by atoms with Gasteiger partial charge in [-0.1, -0.05) is 18.2 Å². The maximum atomic E-state index is 5.64. The first-order valence-electron chi connectivity index (χ1n) is 9.02. The Kier molecular flexibility index (Phi) is 3.10. The minimum absolute atomic E-state index is 0.658. The molecular weight excluding hydrogens is 348 g/mol. The van der Waals surface area contributed by atoms with Crippen molar-refractivity contribution in [3.63, 3.8) is 0 Å². The maximum Gasteiger partial charge on any atom is 0.160 e. The first-order valence-corrected chi connectivity index (χ1v) is 9.02. The SMILES string of the molecule is c1cncc(-c2ncc(-n3c4ccccc4c4cc5ccoc5cc43)cn2)c1. The molecule has 0 N–H and O–H groups in total. The molecule has 0 atom stereocenters. The summed E-state index contributed by atoms with van der Waals surface area (Å²) < 4.78 is 7.82. The van der Waals surface area contributed by atoms with Crippen LogP contribution in [0.2, 0.25) is 0 Å². The summed E-state index contributed by atoms with van der Waals surface area (Å²) >= 11 is 0. The molecule has 132 valence electrons. The van der Waals surface area contributed by atoms with Gasteiger partial charge in [0.05, 0.1) is 35.4 Å². The van der Waals surface area contributed by atoms with Crippen molar-refractivity contribution in [1.82, 2.24) is 19.5 Å². The molecule has 4 aromatic heterocycles. The highest BCUT2D eigenvalue weighted by molar-refractivity contribution is 6.12. The Bertz CT molecular complexity index is 1450. The summed E-state index contributed by atoms with van der Waals surface area (Å²) in [6, 6.07) is 18.5. The smallest absolute Gasteiger partial charge is 0.160 e. The molecule has 0 saturated carbocycles. The van der Waals surface area contributed by atoms with Crippen LogP contribution >= 0.6 is 0 Å². The van der Waals surface area contributed by atoms with E-state index in [4.69, 9.17) is 4.42 Å². The molecule has 0 saturated heterocycles. The van der Waals surface area contributed by atoms with Crippen LogP contribution in [0, 0.1) is 0 Å². The lowest BCUT2D eigenvalue weighted by atomic mass is 10.1. The van der Waals surface area contributed by atoms with Crippen LogP contribution in [-0.4, -0.2) is 19.5 Å². The number of hydrogen-bond acceptors (Lipinski definition) is 4. The Morgan fingerprint density at radius 3 is 2.54 bits per heavy atom. The number of benzene rings is 2. The number of aromatic nitrogens is 4. The number of hydrogen-bond donors (Lipinski definition) is 0. The van der Waals surface area contributed by atoms with Gasteiger partial charge < -0.3 is 8.98 Å². The predicted octanol–water partition coefficient (Wildman–Crippen LogP) is 5.38. The van der Waals surface area contributed by atoms with Gasteiger partial charge in [0.2, 0.25) is 0 Å². The molecule has 4 heterocycles. The molecule has 0 bridgehead atoms. The van der Waals surface area contributed by atoms with Crippen LogP contribution in [0.4, 0.5) is 0 Å². The summed E-state index contributed by atoms with van der Waals surface area (Å²) in [6.07, 6.45) is 8.94. The maximum absolute atomic E-state index is 5.64. The largest absolute Gasteiger partial charge is 0.464 e. The third-order valence-corrected chi connectivity index (χ3v) is 5.06. The van der Waals surface area contributed by atoms with Gasteiger partial charge in [0.15, 0.2) is 5.82 Å². The molecule has 0 aliphatic rings. The second-order valence-corrected chi connectivity index (χ2v) is 6.69. The standard InChI is InChI=1S/C23H14N4O/c1-2-6-20-18(5-1)19-10-15-7-9-28-22(15)11-21(19)27(20)17-13-25-23(26-14-17)16-4-3-8-24-12-16/h1-14H. The lowest BCUT2D eigenvalue weighted by Gasteiger charge is -2.08. The van der Waals surface area contributed by atoms with E-state index in [1.807, 2.05) is 36.7 Å². The normalized spacial score (nSPS) is 11.6. The van der Waals surface area contributed by atoms with Crippen molar-refractivity contribution in [2.45, 2.75) is 0 Å². The topological polar surface area (TPSA) is 56.7 Å². The van der Waals surface area contributed by atoms with Gasteiger partial charge in [0.1, 0.15) is 5.58 Å². The zero-order valence-electron chi connectivity index (χ0n) is 14.8. The first kappa shape index (κ1) is 15.1. The zero-order valence-corrected chi connectivity index (χ0v) is 14.8. The van der Waals surface area contributed by atoms with Crippen molar-refractivity contribution in [2.75, 3.05) is 0 Å². The Morgan fingerprint density at radius 1 is 0.786 bits per heavy atom. The summed E-state index contributed by atoms with van der Waals surface area (Å²) in [5, 5.41) is 3.47. The Morgan fingerprint density at radius 2 is 1.68 bits per heavy atom. The molecule has 2 aromatic carbocycles. The van der Waals surface area contributed by atoms with Crippen LogP contribution in [-0.2, 0) is 0 Å². The monoisotopic (exact) mass is 362 g/mol. The molecule has 0 radical (unpaired) electrons. The molecule has 0 unspecified atom stereocenters. The third-order valence-electron chi connectivity index (χ3n) is 5.06. The van der Waals surface area contributed by atoms with E-state index in [9.17, 15) is 0 Å². The van der Waals surface area contributed by atoms with Crippen molar-refractivity contribution in [2.24, 2.45) is 0 Å². The molecule has 5 heteroatoms. The summed E-state index contributed by atoms with van der Waals surface area (Å²) in [5.74, 6) is 0.658. The molecule has 6 rings (SSSR count). The highest BCUT2D eigenvalue weighted by Crippen LogP contribution is 2.34. The second kappa shape index (κ2) is 5.76. The van der Waals surface area contributed by atoms with Crippen LogP contribution in [0.25, 0.3) is 49.9 Å². The minimum atomic E-state index is 0.658. The van der Waals surface area contributed by atoms with Gasteiger partial charge in [-0.15, -0.1) is 0 Å². The summed E-state index contributed by atoms with van der Waals surface area (Å²) in [5.41, 5.74) is 4.85. The van der Waals surface area contributed by atoms with E-state index in [1.54, 1.807) is 18.7 Å². The molecule has 28 heavy (non-hydrogen) atoms. The van der Waals surface area contributed by atoms with E-state index in [0.29, 0.717) is 5.82 Å². The van der Waals surface area contributed by atoms with Gasteiger partial charge in [0.25, 0.3) is 0 Å². The fourth-order valence-corrected chi connectivity index (χ4v) is 3.78. The summed E-state index contributed by atoms with van der Waals surface area (Å²) in [4.78, 5) is 13.3. The third kappa shape index (κ3) is 2.16. The minimum Gasteiger partial charge on any atom is -0.464 e. The number of para-hydroxylation sites is 1. The molecule has 6 aromatic rings. The fraction of sp³-hybridized carbons (Fsp3) is 0. The number of pyridine rings is 1. The number of fused-ring (bicyclic) bond motifs is 4. The van der Waals surface area contributed by atoms with Crippen molar-refractivity contribution in [1.29, 1.82) is 0 Å². The molecule has 0 fully saturated rings. The molecular formula is C23H14N4O. The van der Waals surface area contributed by atoms with E-state index in [2.05, 4.69) is 49.9 Å². The van der Waals surface area contributed by atoms with E-state index < -0.39 is 0 Å². The van der Waals surface area contributed by atoms with E-state index >= 15 is 0 Å². The Balaban J connectivity index is 1.62. The van der Waals surface area contributed by atoms with Gasteiger partial charge in [-0.3, -0.25) is 4.98 Å². The highest BCUT2D eigenvalue weighted by Gasteiger charge is 2.14. The zero-order chi connectivity index (χ0) is 18.5. The van der Waals surface area contributed by atoms with Crippen LogP contribution in [0.3, 0.4) is 0 Å². The fourth-order valence-electron chi connectivity index (χ4n) is 3.78. The number of nitrogens with zero attached hydrogens (tertiary/aromatic N) is 4. The number of furan rings is 1. The predicted molar refractivity (Wildman–Crippen MR) is 109 cm³/mol. The second-order valence-electron chi connectivity index (χ2n) is 6.69. The van der Waals surface area contributed by atoms with Crippen molar-refractivity contribution < 1.29 is 4.42 Å². The van der Waals surface area contributed by atoms with Gasteiger partial charge >= 0.3 is 0 Å². The summed E-state index contributed by atoms with van der Waals surface area (Å²) in [6.45, 7) is 0. The van der Waals surface area contributed by atoms with Gasteiger partial charge in [-0.05, 0) is 30.3 Å². The van der Waals surface area contributed by atoms with Crippen LogP contribution in [0.1, 0.15) is 0 Å². The van der Waals surface area contributed by atoms with Crippen LogP contribution in [0.15, 0.2) is 90.1 Å². The summed E-state index contributed by atoms with van der Waals surface area (Å²) in [7, 11) is 0. The Labute approximate surface area is 159 Å². The van der Waals surface area contributed by atoms with Crippen molar-refractivity contribution >= 4 is 32.8 Å². The van der Waals surface area contributed by atoms with Gasteiger partial charge in [0, 0.05) is 40.2 Å². The van der Waals surface area contributed by atoms with Gasteiger partial charge in [-0.25, -0.2) is 9.97 Å². The average Bonchev–Trinajstić information content (AvgIpc) is 3.35. The Hall–Kier alpha value is -3.99. The van der Waals surface area contributed by atoms with E-state index in [0.717, 1.165) is 33.3 Å². The van der Waals surface area contributed by atoms with Crippen molar-refractivity contribution in [3.05, 3.63) is 85.6 Å². The van der Waals surface area contributed by atoms with Crippen molar-refractivity contribution in [3.8, 4) is 17.1 Å². The lowest BCUT2D eigenvalue weighted by Crippen LogP contribution is -1.97.